The number of carbonyl (C=O) groups is 1. The molecule has 1 aliphatic heterocycles. The largest absolute Gasteiger partial charge is 0.376 e. The van der Waals surface area contributed by atoms with E-state index in [2.05, 4.69) is 26.9 Å². The van der Waals surface area contributed by atoms with Gasteiger partial charge >= 0.3 is 0 Å². The molecule has 7 heteroatoms. The lowest BCUT2D eigenvalue weighted by atomic mass is 10.0. The summed E-state index contributed by atoms with van der Waals surface area (Å²) in [5.41, 5.74) is 5.05. The van der Waals surface area contributed by atoms with Gasteiger partial charge < -0.3 is 10.2 Å². The number of carbonyl (C=O) groups excluding carboxylic acids is 1. The minimum absolute atomic E-state index is 0.0735. The molecule has 26 heavy (non-hydrogen) atoms. The van der Waals surface area contributed by atoms with E-state index in [1.54, 1.807) is 11.0 Å². The number of nitrogens with zero attached hydrogens (tertiary/aromatic N) is 5. The van der Waals surface area contributed by atoms with Crippen molar-refractivity contribution >= 4 is 17.3 Å². The Balaban J connectivity index is 1.50. The van der Waals surface area contributed by atoms with Crippen molar-refractivity contribution in [2.24, 2.45) is 0 Å². The van der Waals surface area contributed by atoms with E-state index >= 15 is 0 Å². The third kappa shape index (κ3) is 3.03. The molecule has 0 saturated carbocycles. The van der Waals surface area contributed by atoms with Crippen LogP contribution >= 0.6 is 0 Å². The van der Waals surface area contributed by atoms with Gasteiger partial charge in [-0.1, -0.05) is 24.3 Å². The highest BCUT2D eigenvalue weighted by Crippen LogP contribution is 2.27. The lowest BCUT2D eigenvalue weighted by molar-refractivity contribution is -0.117. The SMILES string of the molecule is Cc1c(NCC(=O)N2CCCc3ccccc32)cccc1-n1cnnn1. The number of tetrazole rings is 1. The first-order chi connectivity index (χ1) is 12.7. The van der Waals surface area contributed by atoms with Gasteiger partial charge in [0.05, 0.1) is 12.2 Å². The van der Waals surface area contributed by atoms with E-state index in [0.29, 0.717) is 0 Å². The number of hydrogen-bond donors (Lipinski definition) is 1. The first-order valence-corrected chi connectivity index (χ1v) is 8.69. The number of aromatic nitrogens is 4. The number of benzene rings is 2. The van der Waals surface area contributed by atoms with Crippen molar-refractivity contribution < 1.29 is 4.79 Å². The molecular formula is C19H20N6O. The Morgan fingerprint density at radius 1 is 1.15 bits per heavy atom. The number of hydrogen-bond acceptors (Lipinski definition) is 5. The lowest BCUT2D eigenvalue weighted by Gasteiger charge is -2.29. The molecule has 1 aliphatic rings. The number of nitrogens with one attached hydrogen (secondary N) is 1. The van der Waals surface area contributed by atoms with Gasteiger partial charge in [0.1, 0.15) is 6.33 Å². The smallest absolute Gasteiger partial charge is 0.246 e. The number of rotatable bonds is 4. The molecule has 0 bridgehead atoms. The van der Waals surface area contributed by atoms with Crippen LogP contribution in [0.4, 0.5) is 11.4 Å². The Labute approximate surface area is 151 Å². The molecule has 2 aromatic carbocycles. The van der Waals surface area contributed by atoms with Gasteiger partial charge in [-0.15, -0.1) is 5.10 Å². The van der Waals surface area contributed by atoms with Gasteiger partial charge in [0.25, 0.3) is 0 Å². The van der Waals surface area contributed by atoms with Gasteiger partial charge in [-0.3, -0.25) is 4.79 Å². The van der Waals surface area contributed by atoms with Crippen LogP contribution in [0.2, 0.25) is 0 Å². The van der Waals surface area contributed by atoms with Gasteiger partial charge in [-0.2, -0.15) is 0 Å². The van der Waals surface area contributed by atoms with Crippen LogP contribution < -0.4 is 10.2 Å². The van der Waals surface area contributed by atoms with Crippen LogP contribution in [0.3, 0.4) is 0 Å². The van der Waals surface area contributed by atoms with Crippen molar-refractivity contribution in [3.8, 4) is 5.69 Å². The number of aryl methyl sites for hydroxylation is 1. The molecule has 2 heterocycles. The Morgan fingerprint density at radius 2 is 2.00 bits per heavy atom. The Hall–Kier alpha value is -3.22. The molecule has 0 unspecified atom stereocenters. The van der Waals surface area contributed by atoms with E-state index in [-0.39, 0.29) is 12.5 Å². The second-order valence-electron chi connectivity index (χ2n) is 6.34. The summed E-state index contributed by atoms with van der Waals surface area (Å²) in [5.74, 6) is 0.0735. The highest BCUT2D eigenvalue weighted by atomic mass is 16.2. The zero-order valence-corrected chi connectivity index (χ0v) is 14.6. The first-order valence-electron chi connectivity index (χ1n) is 8.69. The van der Waals surface area contributed by atoms with Gasteiger partial charge in [0.15, 0.2) is 0 Å². The minimum Gasteiger partial charge on any atom is -0.376 e. The number of anilines is 2. The molecule has 132 valence electrons. The molecule has 0 fully saturated rings. The number of amides is 1. The predicted molar refractivity (Wildman–Crippen MR) is 99.5 cm³/mol. The number of para-hydroxylation sites is 1. The molecule has 0 saturated heterocycles. The fourth-order valence-corrected chi connectivity index (χ4v) is 3.39. The summed E-state index contributed by atoms with van der Waals surface area (Å²) in [6.45, 7) is 3.00. The third-order valence-electron chi connectivity index (χ3n) is 4.74. The summed E-state index contributed by atoms with van der Waals surface area (Å²) in [6, 6.07) is 14.0. The second kappa shape index (κ2) is 6.95. The minimum atomic E-state index is 0.0735. The molecule has 0 aliphatic carbocycles. The van der Waals surface area contributed by atoms with E-state index in [1.165, 1.54) is 5.56 Å². The van der Waals surface area contributed by atoms with E-state index in [9.17, 15) is 4.79 Å². The van der Waals surface area contributed by atoms with Gasteiger partial charge in [0, 0.05) is 17.9 Å². The molecule has 3 aromatic rings. The van der Waals surface area contributed by atoms with Gasteiger partial charge in [-0.05, 0) is 59.5 Å². The van der Waals surface area contributed by atoms with Crippen LogP contribution in [0, 0.1) is 6.92 Å². The Kier molecular flexibility index (Phi) is 4.35. The molecule has 4 rings (SSSR count). The summed E-state index contributed by atoms with van der Waals surface area (Å²) >= 11 is 0. The predicted octanol–water partition coefficient (Wildman–Crippen LogP) is 2.36. The average Bonchev–Trinajstić information content (AvgIpc) is 3.21. The highest BCUT2D eigenvalue weighted by molar-refractivity contribution is 5.97. The maximum atomic E-state index is 12.8. The highest BCUT2D eigenvalue weighted by Gasteiger charge is 2.22. The standard InChI is InChI=1S/C19H20N6O/c1-14-16(8-4-10-17(14)25-13-21-22-23-25)20-12-19(26)24-11-5-7-15-6-2-3-9-18(15)24/h2-4,6,8-10,13,20H,5,7,11-12H2,1H3. The van der Waals surface area contributed by atoms with Crippen molar-refractivity contribution in [1.82, 2.24) is 20.2 Å². The summed E-state index contributed by atoms with van der Waals surface area (Å²) in [5, 5.41) is 14.6. The molecule has 0 radical (unpaired) electrons. The van der Waals surface area contributed by atoms with Crippen LogP contribution in [0.1, 0.15) is 17.5 Å². The van der Waals surface area contributed by atoms with Crippen molar-refractivity contribution in [3.63, 3.8) is 0 Å². The van der Waals surface area contributed by atoms with Crippen molar-refractivity contribution in [1.29, 1.82) is 0 Å². The zero-order chi connectivity index (χ0) is 17.9. The van der Waals surface area contributed by atoms with Crippen LogP contribution in [0.5, 0.6) is 0 Å². The molecule has 7 nitrogen and oxygen atoms in total. The van der Waals surface area contributed by atoms with E-state index in [0.717, 1.165) is 42.0 Å². The van der Waals surface area contributed by atoms with Gasteiger partial charge in [-0.25, -0.2) is 4.68 Å². The molecule has 0 spiro atoms. The number of fused-ring (bicyclic) bond motifs is 1. The topological polar surface area (TPSA) is 75.9 Å². The van der Waals surface area contributed by atoms with E-state index < -0.39 is 0 Å². The van der Waals surface area contributed by atoms with Crippen LogP contribution in [-0.2, 0) is 11.2 Å². The summed E-state index contributed by atoms with van der Waals surface area (Å²) in [6.07, 6.45) is 3.58. The maximum absolute atomic E-state index is 12.8. The maximum Gasteiger partial charge on any atom is 0.246 e. The summed E-state index contributed by atoms with van der Waals surface area (Å²) in [7, 11) is 0. The van der Waals surface area contributed by atoms with Crippen molar-refractivity contribution in [2.45, 2.75) is 19.8 Å². The van der Waals surface area contributed by atoms with Crippen molar-refractivity contribution in [3.05, 3.63) is 59.9 Å². The molecule has 0 atom stereocenters. The monoisotopic (exact) mass is 348 g/mol. The quantitative estimate of drug-likeness (QED) is 0.783. The Morgan fingerprint density at radius 3 is 2.85 bits per heavy atom. The van der Waals surface area contributed by atoms with Crippen molar-refractivity contribution in [2.75, 3.05) is 23.3 Å². The fraction of sp³-hybridized carbons (Fsp3) is 0.263. The normalized spacial score (nSPS) is 13.3. The fourth-order valence-electron chi connectivity index (χ4n) is 3.39. The molecule has 1 amide bonds. The van der Waals surface area contributed by atoms with Crippen LogP contribution in [0.25, 0.3) is 5.69 Å². The molecule has 1 aromatic heterocycles. The summed E-state index contributed by atoms with van der Waals surface area (Å²) in [4.78, 5) is 14.7. The van der Waals surface area contributed by atoms with Gasteiger partial charge in [0.2, 0.25) is 5.91 Å². The zero-order valence-electron chi connectivity index (χ0n) is 14.6. The average molecular weight is 348 g/mol. The van der Waals surface area contributed by atoms with Crippen LogP contribution in [0.15, 0.2) is 48.8 Å². The lowest BCUT2D eigenvalue weighted by Crippen LogP contribution is -2.39. The summed E-state index contributed by atoms with van der Waals surface area (Å²) < 4.78 is 1.61. The van der Waals surface area contributed by atoms with E-state index in [1.807, 2.05) is 48.2 Å². The van der Waals surface area contributed by atoms with E-state index in [4.69, 9.17) is 0 Å². The molecule has 1 N–H and O–H groups in total. The third-order valence-corrected chi connectivity index (χ3v) is 4.74. The first kappa shape index (κ1) is 16.3. The van der Waals surface area contributed by atoms with Crippen LogP contribution in [-0.4, -0.2) is 39.2 Å². The molecular weight excluding hydrogens is 328 g/mol. The Bertz CT molecular complexity index is 922. The second-order valence-corrected chi connectivity index (χ2v) is 6.34.